The van der Waals surface area contributed by atoms with E-state index in [-0.39, 0.29) is 12.6 Å². The number of rotatable bonds is 11. The first kappa shape index (κ1) is 24.7. The van der Waals surface area contributed by atoms with Gasteiger partial charge in [0.1, 0.15) is 12.4 Å². The number of aliphatic hydroxyl groups is 1. The Bertz CT molecular complexity index is 1340. The van der Waals surface area contributed by atoms with Crippen LogP contribution in [0.1, 0.15) is 23.4 Å². The molecule has 0 aliphatic heterocycles. The Morgan fingerprint density at radius 3 is 2.56 bits per heavy atom. The fourth-order valence-electron chi connectivity index (χ4n) is 3.73. The number of ether oxygens (including phenoxy) is 2. The van der Waals surface area contributed by atoms with Gasteiger partial charge in [0.2, 0.25) is 0 Å². The average Bonchev–Trinajstić information content (AvgIpc) is 2.88. The molecule has 1 heterocycles. The largest absolute Gasteiger partial charge is 0.493 e. The number of anilines is 1. The van der Waals surface area contributed by atoms with E-state index in [0.717, 1.165) is 22.2 Å². The molecule has 1 aromatic heterocycles. The number of benzene rings is 3. The van der Waals surface area contributed by atoms with Crippen molar-refractivity contribution >= 4 is 28.4 Å². The van der Waals surface area contributed by atoms with Gasteiger partial charge in [-0.1, -0.05) is 36.4 Å². The lowest BCUT2D eigenvalue weighted by Crippen LogP contribution is -2.22. The Morgan fingerprint density at radius 2 is 1.81 bits per heavy atom. The van der Waals surface area contributed by atoms with Crippen LogP contribution in [0.25, 0.3) is 10.9 Å². The zero-order valence-electron chi connectivity index (χ0n) is 20.1. The molecule has 186 valence electrons. The van der Waals surface area contributed by atoms with Crippen molar-refractivity contribution in [2.45, 2.75) is 19.4 Å². The Morgan fingerprint density at radius 1 is 0.972 bits per heavy atom. The van der Waals surface area contributed by atoms with Gasteiger partial charge in [0.05, 0.1) is 12.6 Å². The minimum Gasteiger partial charge on any atom is -0.493 e. The molecule has 0 atom stereocenters. The Labute approximate surface area is 209 Å². The van der Waals surface area contributed by atoms with E-state index in [0.29, 0.717) is 54.7 Å². The zero-order chi connectivity index (χ0) is 25.3. The topological polar surface area (TPSA) is 141 Å². The van der Waals surface area contributed by atoms with E-state index >= 15 is 0 Å². The summed E-state index contributed by atoms with van der Waals surface area (Å²) in [5.41, 5.74) is 14.9. The molecule has 4 aromatic rings. The van der Waals surface area contributed by atoms with Crippen molar-refractivity contribution in [1.82, 2.24) is 9.97 Å². The van der Waals surface area contributed by atoms with Gasteiger partial charge in [0, 0.05) is 30.6 Å². The summed E-state index contributed by atoms with van der Waals surface area (Å²) in [6.07, 6.45) is 1.10. The molecule has 0 unspecified atom stereocenters. The normalized spacial score (nSPS) is 10.7. The summed E-state index contributed by atoms with van der Waals surface area (Å²) < 4.78 is 11.5. The Hall–Kier alpha value is -4.37. The number of hydrogen-bond donors (Lipinski definition) is 4. The smallest absolute Gasteiger partial charge is 0.192 e. The molecule has 36 heavy (non-hydrogen) atoms. The van der Waals surface area contributed by atoms with Gasteiger partial charge >= 0.3 is 0 Å². The van der Waals surface area contributed by atoms with Crippen LogP contribution in [0.15, 0.2) is 71.7 Å². The Kier molecular flexibility index (Phi) is 8.15. The molecule has 9 nitrogen and oxygen atoms in total. The molecular weight excluding hydrogens is 456 g/mol. The summed E-state index contributed by atoms with van der Waals surface area (Å²) in [5.74, 6) is 2.18. The predicted molar refractivity (Wildman–Crippen MR) is 142 cm³/mol. The van der Waals surface area contributed by atoms with E-state index in [1.165, 1.54) is 0 Å². The molecule has 0 aliphatic carbocycles. The number of nitrogens with one attached hydrogen (secondary N) is 1. The third-order valence-electron chi connectivity index (χ3n) is 5.45. The van der Waals surface area contributed by atoms with E-state index in [1.807, 2.05) is 66.7 Å². The molecule has 0 fully saturated rings. The molecule has 3 aromatic carbocycles. The summed E-state index contributed by atoms with van der Waals surface area (Å²) in [4.78, 5) is 13.6. The van der Waals surface area contributed by atoms with Crippen molar-refractivity contribution in [3.63, 3.8) is 0 Å². The number of nitrogens with zero attached hydrogens (tertiary/aromatic N) is 3. The van der Waals surface area contributed by atoms with Crippen LogP contribution in [0.5, 0.6) is 11.5 Å². The van der Waals surface area contributed by atoms with E-state index in [9.17, 15) is 0 Å². The number of aliphatic imine (C=N–C) groups is 1. The molecule has 0 aliphatic rings. The molecule has 4 rings (SSSR count). The van der Waals surface area contributed by atoms with E-state index in [2.05, 4.69) is 15.3 Å². The number of aliphatic hydroxyl groups excluding tert-OH is 1. The van der Waals surface area contributed by atoms with E-state index < -0.39 is 0 Å². The van der Waals surface area contributed by atoms with Gasteiger partial charge in [-0.05, 0) is 47.9 Å². The van der Waals surface area contributed by atoms with Gasteiger partial charge < -0.3 is 31.4 Å². The lowest BCUT2D eigenvalue weighted by Gasteiger charge is -2.13. The van der Waals surface area contributed by atoms with Crippen LogP contribution in [-0.2, 0) is 13.0 Å². The number of aromatic nitrogens is 2. The summed E-state index contributed by atoms with van der Waals surface area (Å²) in [7, 11) is 1.61. The van der Waals surface area contributed by atoms with Crippen molar-refractivity contribution in [1.29, 1.82) is 0 Å². The highest BCUT2D eigenvalue weighted by molar-refractivity contribution is 5.92. The molecule has 9 heteroatoms. The highest BCUT2D eigenvalue weighted by Gasteiger charge is 2.12. The van der Waals surface area contributed by atoms with Crippen LogP contribution in [0.4, 0.5) is 11.5 Å². The van der Waals surface area contributed by atoms with E-state index in [4.69, 9.17) is 31.0 Å². The molecule has 0 radical (unpaired) electrons. The molecule has 0 saturated carbocycles. The monoisotopic (exact) mass is 486 g/mol. The SMILES string of the molecule is COc1cc(Cc2nc(N=C(N)N)c3ccc(NCCCO)cc3n2)ccc1OCc1ccccc1. The number of guanidine groups is 1. The van der Waals surface area contributed by atoms with Crippen molar-refractivity contribution in [2.24, 2.45) is 16.5 Å². The second-order valence-corrected chi connectivity index (χ2v) is 8.17. The number of nitrogens with two attached hydrogens (primary N) is 2. The maximum atomic E-state index is 9.03. The Balaban J connectivity index is 1.59. The molecule has 6 N–H and O–H groups in total. The van der Waals surface area contributed by atoms with Crippen LogP contribution < -0.4 is 26.3 Å². The molecule has 0 saturated heterocycles. The van der Waals surface area contributed by atoms with Crippen molar-refractivity contribution in [3.8, 4) is 11.5 Å². The van der Waals surface area contributed by atoms with E-state index in [1.54, 1.807) is 7.11 Å². The number of hydrogen-bond acceptors (Lipinski definition) is 7. The van der Waals surface area contributed by atoms with Crippen molar-refractivity contribution in [3.05, 3.63) is 83.7 Å². The van der Waals surface area contributed by atoms with Crippen LogP contribution >= 0.6 is 0 Å². The van der Waals surface area contributed by atoms with Gasteiger partial charge in [0.15, 0.2) is 23.3 Å². The minimum absolute atomic E-state index is 0.0762. The second-order valence-electron chi connectivity index (χ2n) is 8.17. The highest BCUT2D eigenvalue weighted by atomic mass is 16.5. The van der Waals surface area contributed by atoms with Gasteiger partial charge in [-0.3, -0.25) is 0 Å². The van der Waals surface area contributed by atoms with Gasteiger partial charge in [-0.2, -0.15) is 4.99 Å². The van der Waals surface area contributed by atoms with Crippen molar-refractivity contribution < 1.29 is 14.6 Å². The molecule has 0 amide bonds. The molecule has 0 bridgehead atoms. The summed E-state index contributed by atoms with van der Waals surface area (Å²) in [5, 5.41) is 13.0. The number of methoxy groups -OCH3 is 1. The summed E-state index contributed by atoms with van der Waals surface area (Å²) in [6, 6.07) is 21.4. The fraction of sp³-hybridized carbons (Fsp3) is 0.222. The molecular formula is C27H30N6O3. The van der Waals surface area contributed by atoms with Gasteiger partial charge in [-0.15, -0.1) is 0 Å². The van der Waals surface area contributed by atoms with Crippen LogP contribution in [-0.4, -0.2) is 41.3 Å². The number of fused-ring (bicyclic) bond motifs is 1. The zero-order valence-corrected chi connectivity index (χ0v) is 20.1. The van der Waals surface area contributed by atoms with Gasteiger partial charge in [0.25, 0.3) is 0 Å². The van der Waals surface area contributed by atoms with Gasteiger partial charge in [-0.25, -0.2) is 9.97 Å². The highest BCUT2D eigenvalue weighted by Crippen LogP contribution is 2.31. The van der Waals surface area contributed by atoms with Crippen LogP contribution in [0, 0.1) is 0 Å². The minimum atomic E-state index is -0.0762. The lowest BCUT2D eigenvalue weighted by molar-refractivity contribution is 0.284. The first-order valence-electron chi connectivity index (χ1n) is 11.6. The van der Waals surface area contributed by atoms with Crippen molar-refractivity contribution in [2.75, 3.05) is 25.6 Å². The maximum Gasteiger partial charge on any atom is 0.192 e. The first-order valence-corrected chi connectivity index (χ1v) is 11.6. The third-order valence-corrected chi connectivity index (χ3v) is 5.45. The van der Waals surface area contributed by atoms with Crippen LogP contribution in [0.3, 0.4) is 0 Å². The quantitative estimate of drug-likeness (QED) is 0.143. The van der Waals surface area contributed by atoms with Crippen LogP contribution in [0.2, 0.25) is 0 Å². The first-order chi connectivity index (χ1) is 17.6. The maximum absolute atomic E-state index is 9.03. The third kappa shape index (κ3) is 6.39. The second kappa shape index (κ2) is 11.9. The predicted octanol–water partition coefficient (Wildman–Crippen LogP) is 3.51. The standard InChI is InChI=1S/C27H30N6O3/c1-35-24-14-19(8-11-23(24)36-17-18-6-3-2-4-7-18)15-25-31-22-16-20(30-12-5-13-34)9-10-21(22)26(32-25)33-27(28)29/h2-4,6-11,14,16,30,34H,5,12-13,15,17H2,1H3,(H4,28,29,31,32,33). The lowest BCUT2D eigenvalue weighted by atomic mass is 10.1. The molecule has 0 spiro atoms. The summed E-state index contributed by atoms with van der Waals surface area (Å²) >= 11 is 0. The average molecular weight is 487 g/mol. The fourth-order valence-corrected chi connectivity index (χ4v) is 3.73. The summed E-state index contributed by atoms with van der Waals surface area (Å²) in [6.45, 7) is 1.22.